The molecular formula is C16H19NO3S2. The van der Waals surface area contributed by atoms with Crippen LogP contribution in [-0.4, -0.2) is 21.3 Å². The van der Waals surface area contributed by atoms with Crippen LogP contribution in [0.15, 0.2) is 58.3 Å². The molecule has 0 unspecified atom stereocenters. The van der Waals surface area contributed by atoms with Crippen LogP contribution in [0.1, 0.15) is 12.5 Å². The van der Waals surface area contributed by atoms with Gasteiger partial charge in [-0.05, 0) is 55.1 Å². The Morgan fingerprint density at radius 3 is 2.50 bits per heavy atom. The molecule has 0 saturated carbocycles. The van der Waals surface area contributed by atoms with E-state index in [0.717, 1.165) is 16.2 Å². The van der Waals surface area contributed by atoms with E-state index in [2.05, 4.69) is 4.72 Å². The largest absolute Gasteiger partial charge is 0.494 e. The molecule has 0 aliphatic heterocycles. The molecule has 118 valence electrons. The van der Waals surface area contributed by atoms with Gasteiger partial charge in [0, 0.05) is 11.4 Å². The Kier molecular flexibility index (Phi) is 5.88. The number of rotatable bonds is 7. The monoisotopic (exact) mass is 337 g/mol. The second kappa shape index (κ2) is 7.67. The van der Waals surface area contributed by atoms with Gasteiger partial charge in [-0.1, -0.05) is 12.1 Å². The minimum Gasteiger partial charge on any atom is -0.494 e. The quantitative estimate of drug-likeness (QED) is 0.788. The van der Waals surface area contributed by atoms with E-state index >= 15 is 0 Å². The first-order valence-electron chi connectivity index (χ1n) is 6.90. The Labute approximate surface area is 135 Å². The molecule has 4 nitrogen and oxygen atoms in total. The normalized spacial score (nSPS) is 11.4. The number of nitrogens with one attached hydrogen (secondary N) is 1. The minimum absolute atomic E-state index is 0.230. The highest BCUT2D eigenvalue weighted by molar-refractivity contribution is 7.98. The molecule has 0 aromatic heterocycles. The molecule has 0 amide bonds. The van der Waals surface area contributed by atoms with E-state index in [-0.39, 0.29) is 11.4 Å². The van der Waals surface area contributed by atoms with E-state index in [1.165, 1.54) is 0 Å². The van der Waals surface area contributed by atoms with Gasteiger partial charge in [-0.15, -0.1) is 11.8 Å². The molecule has 6 heteroatoms. The first-order valence-corrected chi connectivity index (χ1v) is 9.61. The van der Waals surface area contributed by atoms with Crippen molar-refractivity contribution in [2.45, 2.75) is 23.3 Å². The van der Waals surface area contributed by atoms with Gasteiger partial charge < -0.3 is 4.74 Å². The van der Waals surface area contributed by atoms with Gasteiger partial charge in [0.15, 0.2) is 0 Å². The first kappa shape index (κ1) is 16.9. The van der Waals surface area contributed by atoms with Crippen molar-refractivity contribution in [1.82, 2.24) is 4.72 Å². The Balaban J connectivity index is 2.07. The summed E-state index contributed by atoms with van der Waals surface area (Å²) in [5.41, 5.74) is 0.857. The SMILES string of the molecule is CCOc1cccc(CNS(=O)(=O)c2ccc(SC)cc2)c1. The van der Waals surface area contributed by atoms with Crippen LogP contribution in [0.3, 0.4) is 0 Å². The summed E-state index contributed by atoms with van der Waals surface area (Å²) in [5.74, 6) is 0.739. The molecule has 0 bridgehead atoms. The third kappa shape index (κ3) is 4.50. The summed E-state index contributed by atoms with van der Waals surface area (Å²) in [6.07, 6.45) is 1.95. The molecule has 0 aliphatic carbocycles. The fourth-order valence-electron chi connectivity index (χ4n) is 1.93. The highest BCUT2D eigenvalue weighted by Gasteiger charge is 2.13. The van der Waals surface area contributed by atoms with Crippen molar-refractivity contribution in [2.75, 3.05) is 12.9 Å². The lowest BCUT2D eigenvalue weighted by Gasteiger charge is -2.09. The average molecular weight is 337 g/mol. The number of ether oxygens (including phenoxy) is 1. The predicted octanol–water partition coefficient (Wildman–Crippen LogP) is 3.29. The Bertz CT molecular complexity index is 712. The number of sulfonamides is 1. The highest BCUT2D eigenvalue weighted by Crippen LogP contribution is 2.18. The Morgan fingerprint density at radius 1 is 1.14 bits per heavy atom. The third-order valence-electron chi connectivity index (χ3n) is 3.05. The van der Waals surface area contributed by atoms with E-state index in [9.17, 15) is 8.42 Å². The molecule has 2 aromatic rings. The Hall–Kier alpha value is -1.50. The maximum absolute atomic E-state index is 12.3. The van der Waals surface area contributed by atoms with Gasteiger partial charge >= 0.3 is 0 Å². The van der Waals surface area contributed by atoms with Crippen molar-refractivity contribution in [3.8, 4) is 5.75 Å². The van der Waals surface area contributed by atoms with Crippen LogP contribution >= 0.6 is 11.8 Å². The summed E-state index contributed by atoms with van der Waals surface area (Å²) in [4.78, 5) is 1.30. The lowest BCUT2D eigenvalue weighted by Crippen LogP contribution is -2.23. The summed E-state index contributed by atoms with van der Waals surface area (Å²) in [6, 6.07) is 14.2. The molecule has 0 fully saturated rings. The lowest BCUT2D eigenvalue weighted by atomic mass is 10.2. The maximum Gasteiger partial charge on any atom is 0.240 e. The van der Waals surface area contributed by atoms with Crippen molar-refractivity contribution in [2.24, 2.45) is 0 Å². The molecule has 0 heterocycles. The number of thioether (sulfide) groups is 1. The molecule has 0 spiro atoms. The fraction of sp³-hybridized carbons (Fsp3) is 0.250. The standard InChI is InChI=1S/C16H19NO3S2/c1-3-20-14-6-4-5-13(11-14)12-17-22(18,19)16-9-7-15(21-2)8-10-16/h4-11,17H,3,12H2,1-2H3. The van der Waals surface area contributed by atoms with Crippen LogP contribution in [0.2, 0.25) is 0 Å². The van der Waals surface area contributed by atoms with E-state index in [1.54, 1.807) is 36.0 Å². The van der Waals surface area contributed by atoms with Gasteiger partial charge in [0.05, 0.1) is 11.5 Å². The predicted molar refractivity (Wildman–Crippen MR) is 89.9 cm³/mol. The van der Waals surface area contributed by atoms with Gasteiger partial charge in [-0.2, -0.15) is 0 Å². The van der Waals surface area contributed by atoms with Gasteiger partial charge in [0.25, 0.3) is 0 Å². The maximum atomic E-state index is 12.3. The Morgan fingerprint density at radius 2 is 1.86 bits per heavy atom. The number of benzene rings is 2. The van der Waals surface area contributed by atoms with Crippen molar-refractivity contribution < 1.29 is 13.2 Å². The average Bonchev–Trinajstić information content (AvgIpc) is 2.54. The van der Waals surface area contributed by atoms with Crippen LogP contribution in [-0.2, 0) is 16.6 Å². The molecular weight excluding hydrogens is 318 g/mol. The van der Waals surface area contributed by atoms with Gasteiger partial charge in [0.1, 0.15) is 5.75 Å². The van der Waals surface area contributed by atoms with Gasteiger partial charge in [-0.3, -0.25) is 0 Å². The molecule has 0 radical (unpaired) electrons. The van der Waals surface area contributed by atoms with Crippen molar-refractivity contribution in [3.05, 3.63) is 54.1 Å². The van der Waals surface area contributed by atoms with Crippen LogP contribution < -0.4 is 9.46 Å². The van der Waals surface area contributed by atoms with E-state index < -0.39 is 10.0 Å². The molecule has 2 aromatic carbocycles. The van der Waals surface area contributed by atoms with Crippen molar-refractivity contribution in [1.29, 1.82) is 0 Å². The summed E-state index contributed by atoms with van der Waals surface area (Å²) in [7, 11) is -3.51. The second-order valence-electron chi connectivity index (χ2n) is 4.58. The lowest BCUT2D eigenvalue weighted by molar-refractivity contribution is 0.340. The van der Waals surface area contributed by atoms with Crippen LogP contribution in [0, 0.1) is 0 Å². The van der Waals surface area contributed by atoms with Gasteiger partial charge in [0.2, 0.25) is 10.0 Å². The highest BCUT2D eigenvalue weighted by atomic mass is 32.2. The molecule has 2 rings (SSSR count). The second-order valence-corrected chi connectivity index (χ2v) is 7.23. The first-order chi connectivity index (χ1) is 10.5. The molecule has 0 saturated heterocycles. The molecule has 0 atom stereocenters. The van der Waals surface area contributed by atoms with Crippen molar-refractivity contribution >= 4 is 21.8 Å². The van der Waals surface area contributed by atoms with Gasteiger partial charge in [-0.25, -0.2) is 13.1 Å². The summed E-state index contributed by atoms with van der Waals surface area (Å²) < 4.78 is 32.6. The van der Waals surface area contributed by atoms with E-state index in [1.807, 2.05) is 37.4 Å². The fourth-order valence-corrected chi connectivity index (χ4v) is 3.35. The van der Waals surface area contributed by atoms with Crippen LogP contribution in [0.5, 0.6) is 5.75 Å². The summed E-state index contributed by atoms with van der Waals surface area (Å²) in [5, 5.41) is 0. The summed E-state index contributed by atoms with van der Waals surface area (Å²) >= 11 is 1.58. The zero-order valence-corrected chi connectivity index (χ0v) is 14.2. The smallest absolute Gasteiger partial charge is 0.240 e. The summed E-state index contributed by atoms with van der Waals surface area (Å²) in [6.45, 7) is 2.72. The zero-order valence-electron chi connectivity index (χ0n) is 12.6. The molecule has 0 aliphatic rings. The molecule has 22 heavy (non-hydrogen) atoms. The van der Waals surface area contributed by atoms with Crippen molar-refractivity contribution in [3.63, 3.8) is 0 Å². The third-order valence-corrected chi connectivity index (χ3v) is 5.21. The zero-order chi connectivity index (χ0) is 16.0. The topological polar surface area (TPSA) is 55.4 Å². The number of hydrogen-bond acceptors (Lipinski definition) is 4. The molecule has 1 N–H and O–H groups in total. The minimum atomic E-state index is -3.51. The number of hydrogen-bond donors (Lipinski definition) is 1. The van der Waals surface area contributed by atoms with E-state index in [4.69, 9.17) is 4.74 Å². The van der Waals surface area contributed by atoms with Crippen LogP contribution in [0.25, 0.3) is 0 Å². The van der Waals surface area contributed by atoms with E-state index in [0.29, 0.717) is 6.61 Å². The van der Waals surface area contributed by atoms with Crippen LogP contribution in [0.4, 0.5) is 0 Å².